The molecule has 0 bridgehead atoms. The summed E-state index contributed by atoms with van der Waals surface area (Å²) >= 11 is 0. The van der Waals surface area contributed by atoms with Crippen LogP contribution in [0.3, 0.4) is 0 Å². The maximum atomic E-state index is 12.7. The van der Waals surface area contributed by atoms with Gasteiger partial charge in [-0.3, -0.25) is 4.98 Å². The summed E-state index contributed by atoms with van der Waals surface area (Å²) in [5.41, 5.74) is 1.91. The fourth-order valence-electron chi connectivity index (χ4n) is 4.46. The van der Waals surface area contributed by atoms with E-state index in [0.29, 0.717) is 48.8 Å². The first-order valence-corrected chi connectivity index (χ1v) is 12.8. The van der Waals surface area contributed by atoms with Crippen molar-refractivity contribution in [3.05, 3.63) is 30.6 Å². The van der Waals surface area contributed by atoms with E-state index in [1.807, 2.05) is 17.7 Å². The van der Waals surface area contributed by atoms with Gasteiger partial charge in [-0.2, -0.15) is 5.10 Å². The normalized spacial score (nSPS) is 22.4. The van der Waals surface area contributed by atoms with Crippen LogP contribution in [0.4, 0.5) is 5.82 Å². The second-order valence-electron chi connectivity index (χ2n) is 8.41. The predicted molar refractivity (Wildman–Crippen MR) is 120 cm³/mol. The van der Waals surface area contributed by atoms with Crippen LogP contribution in [0.5, 0.6) is 0 Å². The molecule has 0 saturated carbocycles. The third-order valence-corrected chi connectivity index (χ3v) is 7.22. The van der Waals surface area contributed by atoms with Gasteiger partial charge in [0, 0.05) is 37.2 Å². The molecular formula is C22H27N5O4S. The van der Waals surface area contributed by atoms with E-state index in [0.717, 1.165) is 25.0 Å². The Kier molecular flexibility index (Phi) is 5.60. The van der Waals surface area contributed by atoms with Crippen LogP contribution < -0.4 is 4.90 Å². The Balaban J connectivity index is 1.72. The Morgan fingerprint density at radius 2 is 2.03 bits per heavy atom. The Morgan fingerprint density at radius 1 is 1.16 bits per heavy atom. The SMILES string of the molecule is CC1COCCN1c1cc(S(C)(=O)=O)c2ccnc(-c3ccnn3C3CCCCO3)c2n1. The van der Waals surface area contributed by atoms with Crippen molar-refractivity contribution in [1.82, 2.24) is 19.7 Å². The van der Waals surface area contributed by atoms with Crippen LogP contribution in [0.1, 0.15) is 32.4 Å². The van der Waals surface area contributed by atoms with Gasteiger partial charge >= 0.3 is 0 Å². The molecule has 2 atom stereocenters. The van der Waals surface area contributed by atoms with Crippen LogP contribution >= 0.6 is 0 Å². The molecule has 5 heterocycles. The van der Waals surface area contributed by atoms with Crippen LogP contribution in [0.25, 0.3) is 22.3 Å². The molecule has 3 aromatic rings. The molecule has 2 saturated heterocycles. The summed E-state index contributed by atoms with van der Waals surface area (Å²) in [6.45, 7) is 4.53. The first-order valence-electron chi connectivity index (χ1n) is 10.9. The average Bonchev–Trinajstić information content (AvgIpc) is 3.28. The lowest BCUT2D eigenvalue weighted by atomic mass is 10.1. The van der Waals surface area contributed by atoms with Crippen molar-refractivity contribution >= 4 is 26.6 Å². The third kappa shape index (κ3) is 3.87. The van der Waals surface area contributed by atoms with E-state index in [1.165, 1.54) is 6.26 Å². The molecule has 2 aliphatic rings. The van der Waals surface area contributed by atoms with E-state index in [2.05, 4.69) is 15.0 Å². The first-order chi connectivity index (χ1) is 15.4. The van der Waals surface area contributed by atoms with Gasteiger partial charge in [0.15, 0.2) is 16.1 Å². The molecule has 10 heteroatoms. The number of hydrogen-bond acceptors (Lipinski definition) is 8. The number of fused-ring (bicyclic) bond motifs is 1. The zero-order valence-electron chi connectivity index (χ0n) is 18.3. The highest BCUT2D eigenvalue weighted by Crippen LogP contribution is 2.35. The Labute approximate surface area is 187 Å². The van der Waals surface area contributed by atoms with Gasteiger partial charge in [0.1, 0.15) is 17.0 Å². The van der Waals surface area contributed by atoms with Crippen molar-refractivity contribution < 1.29 is 17.9 Å². The van der Waals surface area contributed by atoms with E-state index in [-0.39, 0.29) is 17.2 Å². The monoisotopic (exact) mass is 457 g/mol. The lowest BCUT2D eigenvalue weighted by Crippen LogP contribution is -2.44. The van der Waals surface area contributed by atoms with Crippen molar-refractivity contribution in [2.24, 2.45) is 0 Å². The molecule has 0 aromatic carbocycles. The maximum Gasteiger partial charge on any atom is 0.176 e. The lowest BCUT2D eigenvalue weighted by molar-refractivity contribution is -0.0383. The summed E-state index contributed by atoms with van der Waals surface area (Å²) in [5, 5.41) is 5.05. The smallest absolute Gasteiger partial charge is 0.176 e. The largest absolute Gasteiger partial charge is 0.377 e. The lowest BCUT2D eigenvalue weighted by Gasteiger charge is -2.34. The van der Waals surface area contributed by atoms with Gasteiger partial charge in [-0.05, 0) is 44.4 Å². The molecule has 2 aliphatic heterocycles. The summed E-state index contributed by atoms with van der Waals surface area (Å²) in [5.74, 6) is 0.614. The Bertz CT molecular complexity index is 1240. The van der Waals surface area contributed by atoms with Gasteiger partial charge in [-0.1, -0.05) is 0 Å². The minimum atomic E-state index is -3.50. The number of aromatic nitrogens is 4. The number of ether oxygens (including phenoxy) is 2. The first kappa shape index (κ1) is 21.3. The Morgan fingerprint density at radius 3 is 2.78 bits per heavy atom. The van der Waals surface area contributed by atoms with Crippen LogP contribution in [-0.2, 0) is 19.3 Å². The fourth-order valence-corrected chi connectivity index (χ4v) is 5.35. The molecule has 3 aromatic heterocycles. The molecule has 0 spiro atoms. The van der Waals surface area contributed by atoms with Gasteiger partial charge < -0.3 is 14.4 Å². The number of nitrogens with zero attached hydrogens (tertiary/aromatic N) is 5. The van der Waals surface area contributed by atoms with Crippen LogP contribution in [0, 0.1) is 0 Å². The van der Waals surface area contributed by atoms with Gasteiger partial charge in [0.05, 0.1) is 29.8 Å². The topological polar surface area (TPSA) is 99.4 Å². The molecule has 170 valence electrons. The predicted octanol–water partition coefficient (Wildman–Crippen LogP) is 2.82. The minimum absolute atomic E-state index is 0.0856. The van der Waals surface area contributed by atoms with Gasteiger partial charge in [-0.15, -0.1) is 0 Å². The summed E-state index contributed by atoms with van der Waals surface area (Å²) in [7, 11) is -3.50. The molecule has 5 rings (SSSR count). The van der Waals surface area contributed by atoms with Crippen molar-refractivity contribution in [2.45, 2.75) is 43.4 Å². The molecular weight excluding hydrogens is 430 g/mol. The summed E-state index contributed by atoms with van der Waals surface area (Å²) in [6, 6.07) is 5.35. The molecule has 9 nitrogen and oxygen atoms in total. The highest BCUT2D eigenvalue weighted by molar-refractivity contribution is 7.91. The molecule has 0 N–H and O–H groups in total. The quantitative estimate of drug-likeness (QED) is 0.590. The van der Waals surface area contributed by atoms with Crippen molar-refractivity contribution in [2.75, 3.05) is 37.5 Å². The van der Waals surface area contributed by atoms with Gasteiger partial charge in [0.2, 0.25) is 0 Å². The standard InChI is InChI=1S/C22H27N5O4S/c1-15-14-30-12-10-26(15)19-13-18(32(2,28)29)16-6-8-23-22(21(16)25-19)17-7-9-24-27(17)20-5-3-4-11-31-20/h6-9,13,15,20H,3-5,10-12,14H2,1-2H3. The van der Waals surface area contributed by atoms with Crippen LogP contribution in [-0.4, -0.2) is 66.8 Å². The van der Waals surface area contributed by atoms with E-state index in [4.69, 9.17) is 14.5 Å². The number of sulfone groups is 1. The van der Waals surface area contributed by atoms with Crippen LogP contribution in [0.2, 0.25) is 0 Å². The number of hydrogen-bond donors (Lipinski definition) is 0. The van der Waals surface area contributed by atoms with E-state index >= 15 is 0 Å². The highest BCUT2D eigenvalue weighted by Gasteiger charge is 2.26. The molecule has 0 aliphatic carbocycles. The number of morpholine rings is 1. The van der Waals surface area contributed by atoms with Crippen LogP contribution in [0.15, 0.2) is 35.5 Å². The zero-order valence-corrected chi connectivity index (χ0v) is 19.1. The maximum absolute atomic E-state index is 12.7. The number of pyridine rings is 2. The summed E-state index contributed by atoms with van der Waals surface area (Å²) < 4.78 is 38.8. The molecule has 2 unspecified atom stereocenters. The Hall–Kier alpha value is -2.56. The summed E-state index contributed by atoms with van der Waals surface area (Å²) in [4.78, 5) is 11.9. The van der Waals surface area contributed by atoms with Crippen molar-refractivity contribution in [1.29, 1.82) is 0 Å². The summed E-state index contributed by atoms with van der Waals surface area (Å²) in [6.07, 6.45) is 7.40. The van der Waals surface area contributed by atoms with E-state index < -0.39 is 9.84 Å². The fraction of sp³-hybridized carbons (Fsp3) is 0.500. The third-order valence-electron chi connectivity index (χ3n) is 6.08. The van der Waals surface area contributed by atoms with Crippen molar-refractivity contribution in [3.63, 3.8) is 0 Å². The molecule has 0 radical (unpaired) electrons. The van der Waals surface area contributed by atoms with E-state index in [9.17, 15) is 8.42 Å². The molecule has 2 fully saturated rings. The molecule has 32 heavy (non-hydrogen) atoms. The van der Waals surface area contributed by atoms with E-state index in [1.54, 1.807) is 24.5 Å². The van der Waals surface area contributed by atoms with Gasteiger partial charge in [-0.25, -0.2) is 18.1 Å². The zero-order chi connectivity index (χ0) is 22.3. The van der Waals surface area contributed by atoms with Gasteiger partial charge in [0.25, 0.3) is 0 Å². The average molecular weight is 458 g/mol. The number of rotatable bonds is 4. The minimum Gasteiger partial charge on any atom is -0.377 e. The van der Waals surface area contributed by atoms with Crippen molar-refractivity contribution in [3.8, 4) is 11.4 Å². The highest BCUT2D eigenvalue weighted by atomic mass is 32.2. The second-order valence-corrected chi connectivity index (χ2v) is 10.4. The molecule has 0 amide bonds. The number of anilines is 1. The second kappa shape index (κ2) is 8.42.